The molecule has 0 aliphatic heterocycles. The third-order valence-electron chi connectivity index (χ3n) is 7.80. The number of nitro groups is 1. The lowest BCUT2D eigenvalue weighted by Gasteiger charge is -2.36. The first kappa shape index (κ1) is 34.0. The van der Waals surface area contributed by atoms with Gasteiger partial charge in [-0.05, 0) is 54.2 Å². The van der Waals surface area contributed by atoms with Gasteiger partial charge in [0.1, 0.15) is 0 Å². The SMILES string of the molecule is CCC(CC)C(C#N)(CCC(OC(C)=O)C(Cc1ccc(OC)c(OC)c1)[N+](=O)[O-])c1cc(OC)c(OC)c(OC)c1. The van der Waals surface area contributed by atoms with Gasteiger partial charge in [0, 0.05) is 18.3 Å². The number of nitriles is 1. The van der Waals surface area contributed by atoms with Crippen LogP contribution in [0.5, 0.6) is 28.7 Å². The maximum atomic E-state index is 12.4. The van der Waals surface area contributed by atoms with E-state index in [1.54, 1.807) is 30.3 Å². The van der Waals surface area contributed by atoms with Crippen molar-refractivity contribution < 1.29 is 38.1 Å². The molecule has 42 heavy (non-hydrogen) atoms. The molecule has 0 bridgehead atoms. The normalized spacial score (nSPS) is 13.7. The molecule has 0 saturated carbocycles. The second-order valence-electron chi connectivity index (χ2n) is 9.94. The molecule has 0 N–H and O–H groups in total. The smallest absolute Gasteiger partial charge is 0.303 e. The quantitative estimate of drug-likeness (QED) is 0.132. The lowest BCUT2D eigenvalue weighted by molar-refractivity contribution is -0.533. The van der Waals surface area contributed by atoms with Crippen molar-refractivity contribution in [2.45, 2.75) is 70.4 Å². The predicted octanol–water partition coefficient (Wildman–Crippen LogP) is 5.53. The average Bonchev–Trinajstić information content (AvgIpc) is 2.99. The van der Waals surface area contributed by atoms with Gasteiger partial charge in [0.2, 0.25) is 5.75 Å². The maximum absolute atomic E-state index is 12.4. The van der Waals surface area contributed by atoms with Gasteiger partial charge < -0.3 is 28.4 Å². The van der Waals surface area contributed by atoms with Crippen molar-refractivity contribution in [3.8, 4) is 34.8 Å². The van der Waals surface area contributed by atoms with Crippen LogP contribution < -0.4 is 23.7 Å². The van der Waals surface area contributed by atoms with E-state index in [-0.39, 0.29) is 25.2 Å². The van der Waals surface area contributed by atoms with E-state index in [1.165, 1.54) is 42.5 Å². The van der Waals surface area contributed by atoms with Crippen LogP contribution in [-0.2, 0) is 21.4 Å². The molecule has 0 radical (unpaired) electrons. The van der Waals surface area contributed by atoms with E-state index in [9.17, 15) is 20.2 Å². The summed E-state index contributed by atoms with van der Waals surface area (Å²) in [6.45, 7) is 5.22. The van der Waals surface area contributed by atoms with E-state index in [4.69, 9.17) is 28.4 Å². The Labute approximate surface area is 247 Å². The Morgan fingerprint density at radius 2 is 1.50 bits per heavy atom. The minimum atomic E-state index is -1.27. The first-order valence-corrected chi connectivity index (χ1v) is 13.8. The Hall–Kier alpha value is -4.20. The van der Waals surface area contributed by atoms with Crippen LogP contribution >= 0.6 is 0 Å². The molecule has 0 amide bonds. The molecule has 0 fully saturated rings. The lowest BCUT2D eigenvalue weighted by atomic mass is 9.65. The van der Waals surface area contributed by atoms with Gasteiger partial charge in [0.25, 0.3) is 6.04 Å². The molecule has 3 unspecified atom stereocenters. The Bertz CT molecular complexity index is 1230. The molecule has 11 heteroatoms. The number of benzene rings is 2. The third kappa shape index (κ3) is 7.55. The van der Waals surface area contributed by atoms with Crippen molar-refractivity contribution in [3.63, 3.8) is 0 Å². The highest BCUT2D eigenvalue weighted by Gasteiger charge is 2.43. The largest absolute Gasteiger partial charge is 0.493 e. The van der Waals surface area contributed by atoms with Gasteiger partial charge in [-0.3, -0.25) is 14.9 Å². The van der Waals surface area contributed by atoms with Crippen LogP contribution in [0, 0.1) is 27.4 Å². The zero-order valence-corrected chi connectivity index (χ0v) is 25.7. The van der Waals surface area contributed by atoms with Gasteiger partial charge in [-0.2, -0.15) is 5.26 Å². The molecule has 0 aliphatic carbocycles. The molecule has 0 heterocycles. The maximum Gasteiger partial charge on any atom is 0.303 e. The van der Waals surface area contributed by atoms with Crippen LogP contribution in [0.3, 0.4) is 0 Å². The first-order valence-electron chi connectivity index (χ1n) is 13.8. The van der Waals surface area contributed by atoms with E-state index in [2.05, 4.69) is 6.07 Å². The van der Waals surface area contributed by atoms with Gasteiger partial charge in [-0.15, -0.1) is 0 Å². The number of carbonyl (C=O) groups is 1. The second-order valence-corrected chi connectivity index (χ2v) is 9.94. The summed E-state index contributed by atoms with van der Waals surface area (Å²) in [6, 6.07) is 9.81. The molecule has 0 spiro atoms. The Morgan fingerprint density at radius 1 is 0.929 bits per heavy atom. The fourth-order valence-electron chi connectivity index (χ4n) is 5.62. The summed E-state index contributed by atoms with van der Waals surface area (Å²) in [5.41, 5.74) is 0.147. The van der Waals surface area contributed by atoms with Crippen LogP contribution in [0.2, 0.25) is 0 Å². The van der Waals surface area contributed by atoms with Crippen molar-refractivity contribution in [2.24, 2.45) is 5.92 Å². The van der Waals surface area contributed by atoms with E-state index < -0.39 is 28.5 Å². The van der Waals surface area contributed by atoms with Crippen LogP contribution in [0.25, 0.3) is 0 Å². The fraction of sp³-hybridized carbons (Fsp3) is 0.548. The third-order valence-corrected chi connectivity index (χ3v) is 7.80. The summed E-state index contributed by atoms with van der Waals surface area (Å²) in [4.78, 5) is 24.1. The number of rotatable bonds is 17. The fourth-order valence-corrected chi connectivity index (χ4v) is 5.62. The van der Waals surface area contributed by atoms with E-state index in [1.807, 2.05) is 13.8 Å². The van der Waals surface area contributed by atoms with Gasteiger partial charge in [-0.1, -0.05) is 32.8 Å². The zero-order chi connectivity index (χ0) is 31.4. The summed E-state index contributed by atoms with van der Waals surface area (Å²) < 4.78 is 32.8. The lowest BCUT2D eigenvalue weighted by Crippen LogP contribution is -2.41. The summed E-state index contributed by atoms with van der Waals surface area (Å²) in [5.74, 6) is 1.34. The Kier molecular flexibility index (Phi) is 12.7. The van der Waals surface area contributed by atoms with Crippen LogP contribution in [0.1, 0.15) is 57.6 Å². The summed E-state index contributed by atoms with van der Waals surface area (Å²) >= 11 is 0. The van der Waals surface area contributed by atoms with E-state index >= 15 is 0 Å². The number of nitrogens with zero attached hydrogens (tertiary/aromatic N) is 2. The number of carbonyl (C=O) groups excluding carboxylic acids is 1. The molecule has 0 aliphatic rings. The molecule has 2 rings (SSSR count). The molecule has 2 aromatic carbocycles. The summed E-state index contributed by atoms with van der Waals surface area (Å²) in [5, 5.41) is 23.2. The number of hydrogen-bond acceptors (Lipinski definition) is 10. The molecular weight excluding hydrogens is 544 g/mol. The van der Waals surface area contributed by atoms with Gasteiger partial charge in [0.05, 0.1) is 47.0 Å². The molecule has 0 saturated heterocycles. The number of esters is 1. The highest BCUT2D eigenvalue weighted by molar-refractivity contribution is 5.66. The van der Waals surface area contributed by atoms with Gasteiger partial charge >= 0.3 is 5.97 Å². The van der Waals surface area contributed by atoms with Crippen molar-refractivity contribution in [1.29, 1.82) is 5.26 Å². The molecule has 230 valence electrons. The molecule has 2 aromatic rings. The van der Waals surface area contributed by atoms with Crippen molar-refractivity contribution in [2.75, 3.05) is 35.5 Å². The topological polar surface area (TPSA) is 139 Å². The van der Waals surface area contributed by atoms with Crippen LogP contribution in [0.15, 0.2) is 30.3 Å². The van der Waals surface area contributed by atoms with E-state index in [0.717, 1.165) is 0 Å². The Morgan fingerprint density at radius 3 is 1.93 bits per heavy atom. The molecule has 11 nitrogen and oxygen atoms in total. The number of methoxy groups -OCH3 is 5. The van der Waals surface area contributed by atoms with Crippen molar-refractivity contribution in [3.05, 3.63) is 51.6 Å². The zero-order valence-electron chi connectivity index (χ0n) is 25.7. The number of hydrogen-bond donors (Lipinski definition) is 0. The van der Waals surface area contributed by atoms with Crippen molar-refractivity contribution in [1.82, 2.24) is 0 Å². The second kappa shape index (κ2) is 15.7. The Balaban J connectivity index is 2.60. The highest BCUT2D eigenvalue weighted by Crippen LogP contribution is 2.47. The summed E-state index contributed by atoms with van der Waals surface area (Å²) in [6.07, 6.45) is 0.462. The van der Waals surface area contributed by atoms with Gasteiger partial charge in [0.15, 0.2) is 29.1 Å². The average molecular weight is 587 g/mol. The minimum Gasteiger partial charge on any atom is -0.493 e. The number of ether oxygens (including phenoxy) is 6. The highest BCUT2D eigenvalue weighted by atomic mass is 16.6. The predicted molar refractivity (Wildman–Crippen MR) is 156 cm³/mol. The molecule has 0 aromatic heterocycles. The van der Waals surface area contributed by atoms with Gasteiger partial charge in [-0.25, -0.2) is 0 Å². The van der Waals surface area contributed by atoms with E-state index in [0.29, 0.717) is 52.7 Å². The molecule has 3 atom stereocenters. The van der Waals surface area contributed by atoms with Crippen LogP contribution in [-0.4, -0.2) is 58.6 Å². The monoisotopic (exact) mass is 586 g/mol. The van der Waals surface area contributed by atoms with Crippen LogP contribution in [0.4, 0.5) is 0 Å². The first-order chi connectivity index (χ1) is 20.1. The minimum absolute atomic E-state index is 0.0278. The standard InChI is InChI=1S/C31H42N2O9/c1-9-22(10-2)31(19-32,23-17-28(39-6)30(41-8)29(18-23)40-7)14-13-25(42-20(3)34)24(33(35)36)15-21-11-12-26(37-4)27(16-21)38-5/h11-12,16-18,22,24-25H,9-10,13-15H2,1-8H3. The van der Waals surface area contributed by atoms with Crippen molar-refractivity contribution >= 4 is 5.97 Å². The molecular formula is C31H42N2O9. The summed E-state index contributed by atoms with van der Waals surface area (Å²) in [7, 11) is 7.48.